The van der Waals surface area contributed by atoms with Crippen LogP contribution >= 0.6 is 11.8 Å². The Kier molecular flexibility index (Phi) is 6.75. The van der Waals surface area contributed by atoms with Gasteiger partial charge < -0.3 is 16.0 Å². The van der Waals surface area contributed by atoms with Gasteiger partial charge in [-0.25, -0.2) is 4.98 Å². The number of fused-ring (bicyclic) bond motifs is 3. The molecule has 0 saturated heterocycles. The van der Waals surface area contributed by atoms with Crippen LogP contribution in [0.5, 0.6) is 0 Å². The molecule has 0 aliphatic heterocycles. The summed E-state index contributed by atoms with van der Waals surface area (Å²) in [6.45, 7) is 11.2. The van der Waals surface area contributed by atoms with Crippen LogP contribution in [0.3, 0.4) is 0 Å². The van der Waals surface area contributed by atoms with Gasteiger partial charge in [0.25, 0.3) is 0 Å². The molecule has 32 heavy (non-hydrogen) atoms. The Bertz CT molecular complexity index is 1070. The molecular formula is C27H32N4S. The summed E-state index contributed by atoms with van der Waals surface area (Å²) in [5.41, 5.74) is 14.0. The highest BCUT2D eigenvalue weighted by Gasteiger charge is 2.43. The zero-order chi connectivity index (χ0) is 22.6. The highest BCUT2D eigenvalue weighted by molar-refractivity contribution is 7.99. The van der Waals surface area contributed by atoms with Crippen LogP contribution in [0.4, 0.5) is 0 Å². The molecule has 4 nitrogen and oxygen atoms in total. The number of aromatic amines is 1. The van der Waals surface area contributed by atoms with Crippen LogP contribution in [0, 0.1) is 0 Å². The molecule has 0 radical (unpaired) electrons. The number of H-pyrrole nitrogens is 1. The van der Waals surface area contributed by atoms with Gasteiger partial charge in [-0.05, 0) is 42.0 Å². The number of rotatable bonds is 11. The first-order valence-electron chi connectivity index (χ1n) is 11.3. The lowest BCUT2D eigenvalue weighted by Gasteiger charge is -2.32. The molecule has 0 atom stereocenters. The maximum absolute atomic E-state index is 6.50. The Morgan fingerprint density at radius 3 is 2.31 bits per heavy atom. The number of nitrogens with zero attached hydrogens (tertiary/aromatic N) is 1. The van der Waals surface area contributed by atoms with Crippen molar-refractivity contribution in [2.24, 2.45) is 5.73 Å². The highest BCUT2D eigenvalue weighted by atomic mass is 32.2. The van der Waals surface area contributed by atoms with Crippen LogP contribution in [-0.2, 0) is 5.41 Å². The first kappa shape index (κ1) is 22.3. The molecule has 0 bridgehead atoms. The van der Waals surface area contributed by atoms with E-state index in [9.17, 15) is 0 Å². The highest BCUT2D eigenvalue weighted by Crippen LogP contribution is 2.53. The topological polar surface area (TPSA) is 66.7 Å². The Morgan fingerprint density at radius 2 is 1.69 bits per heavy atom. The fraction of sp³-hybridized carbons (Fsp3) is 0.296. The minimum absolute atomic E-state index is 0.289. The van der Waals surface area contributed by atoms with E-state index in [0.29, 0.717) is 0 Å². The van der Waals surface area contributed by atoms with Crippen molar-refractivity contribution in [1.82, 2.24) is 15.3 Å². The zero-order valence-corrected chi connectivity index (χ0v) is 19.6. The monoisotopic (exact) mass is 444 g/mol. The van der Waals surface area contributed by atoms with E-state index in [0.717, 1.165) is 60.2 Å². The van der Waals surface area contributed by atoms with Crippen molar-refractivity contribution in [2.75, 3.05) is 12.3 Å². The molecule has 1 aliphatic carbocycles. The normalized spacial score (nSPS) is 13.4. The third kappa shape index (κ3) is 4.09. The number of thioether (sulfide) groups is 1. The molecule has 4 rings (SSSR count). The molecule has 5 heteroatoms. The summed E-state index contributed by atoms with van der Waals surface area (Å²) >= 11 is 1.76. The summed E-state index contributed by atoms with van der Waals surface area (Å²) in [5.74, 6) is 1.03. The number of hydrogen-bond acceptors (Lipinski definition) is 4. The third-order valence-corrected chi connectivity index (χ3v) is 7.29. The van der Waals surface area contributed by atoms with Crippen molar-refractivity contribution in [3.8, 4) is 11.1 Å². The van der Waals surface area contributed by atoms with Crippen LogP contribution in [0.25, 0.3) is 16.8 Å². The van der Waals surface area contributed by atoms with Crippen molar-refractivity contribution >= 4 is 17.5 Å². The van der Waals surface area contributed by atoms with Crippen molar-refractivity contribution in [1.29, 1.82) is 0 Å². The van der Waals surface area contributed by atoms with E-state index < -0.39 is 0 Å². The molecule has 1 aliphatic rings. The van der Waals surface area contributed by atoms with Gasteiger partial charge >= 0.3 is 0 Å². The van der Waals surface area contributed by atoms with Gasteiger partial charge in [-0.2, -0.15) is 0 Å². The summed E-state index contributed by atoms with van der Waals surface area (Å²) in [6, 6.07) is 17.3. The number of nitrogens with two attached hydrogens (primary N) is 1. The minimum atomic E-state index is -0.289. The average Bonchev–Trinajstić information content (AvgIpc) is 3.38. The summed E-state index contributed by atoms with van der Waals surface area (Å²) in [6.07, 6.45) is 6.20. The van der Waals surface area contributed by atoms with Crippen LogP contribution in [0.1, 0.15) is 49.4 Å². The van der Waals surface area contributed by atoms with Gasteiger partial charge in [0.1, 0.15) is 0 Å². The Morgan fingerprint density at radius 1 is 1.03 bits per heavy atom. The van der Waals surface area contributed by atoms with E-state index in [1.165, 1.54) is 22.3 Å². The Labute approximate surface area is 195 Å². The smallest absolute Gasteiger partial charge is 0.165 e. The number of nitrogens with one attached hydrogen (secondary N) is 2. The van der Waals surface area contributed by atoms with Crippen molar-refractivity contribution in [3.63, 3.8) is 0 Å². The lowest BCUT2D eigenvalue weighted by atomic mass is 9.72. The number of imidazole rings is 1. The van der Waals surface area contributed by atoms with Crippen molar-refractivity contribution in [2.45, 2.75) is 43.2 Å². The molecule has 1 heterocycles. The largest absolute Gasteiger partial charge is 0.402 e. The van der Waals surface area contributed by atoms with E-state index in [2.05, 4.69) is 83.9 Å². The third-order valence-electron chi connectivity index (χ3n) is 6.31. The lowest BCUT2D eigenvalue weighted by molar-refractivity contribution is 0.513. The fourth-order valence-electron chi connectivity index (χ4n) is 4.78. The quantitative estimate of drug-likeness (QED) is 0.248. The predicted octanol–water partition coefficient (Wildman–Crippen LogP) is 6.08. The summed E-state index contributed by atoms with van der Waals surface area (Å²) < 4.78 is 0. The SMILES string of the molecule is C=C(NCC)c1cnc(SCCCCCC2(C(=C)N)c3ccccc3-c3ccccc32)[nH]1. The van der Waals surface area contributed by atoms with E-state index in [-0.39, 0.29) is 5.41 Å². The fourth-order valence-corrected chi connectivity index (χ4v) is 5.63. The van der Waals surface area contributed by atoms with E-state index >= 15 is 0 Å². The molecule has 2 aromatic carbocycles. The van der Waals surface area contributed by atoms with E-state index in [4.69, 9.17) is 5.73 Å². The summed E-state index contributed by atoms with van der Waals surface area (Å²) in [5, 5.41) is 4.17. The van der Waals surface area contributed by atoms with Crippen LogP contribution in [-0.4, -0.2) is 22.3 Å². The molecule has 0 fully saturated rings. The standard InChI is InChI=1S/C27H32N4S/c1-4-29-19(2)25-18-30-26(31-25)32-17-11-5-10-16-27(20(3)28)23-14-8-6-12-21(23)22-13-7-9-15-24(22)27/h6-9,12-15,18,29H,2-5,10-11,16-17,28H2,1H3,(H,30,31). The Balaban J connectivity index is 1.36. The molecule has 0 unspecified atom stereocenters. The molecule has 0 spiro atoms. The van der Waals surface area contributed by atoms with Gasteiger partial charge in [0.15, 0.2) is 5.16 Å². The van der Waals surface area contributed by atoms with Gasteiger partial charge in [0, 0.05) is 18.0 Å². The molecule has 3 aromatic rings. The maximum atomic E-state index is 6.50. The Hall–Kier alpha value is -2.92. The maximum Gasteiger partial charge on any atom is 0.165 e. The van der Waals surface area contributed by atoms with Crippen molar-refractivity contribution < 1.29 is 0 Å². The van der Waals surface area contributed by atoms with Crippen LogP contribution in [0.15, 0.2) is 78.7 Å². The minimum Gasteiger partial charge on any atom is -0.402 e. The molecule has 166 valence electrons. The number of unbranched alkanes of at least 4 members (excludes halogenated alkanes) is 2. The second-order valence-corrected chi connectivity index (χ2v) is 9.38. The second kappa shape index (κ2) is 9.70. The first-order chi connectivity index (χ1) is 15.6. The summed E-state index contributed by atoms with van der Waals surface area (Å²) in [4.78, 5) is 7.80. The van der Waals surface area contributed by atoms with Crippen LogP contribution in [0.2, 0.25) is 0 Å². The first-order valence-corrected chi connectivity index (χ1v) is 12.3. The lowest BCUT2D eigenvalue weighted by Crippen LogP contribution is -2.31. The van der Waals surface area contributed by atoms with Gasteiger partial charge in [-0.3, -0.25) is 0 Å². The molecule has 0 amide bonds. The van der Waals surface area contributed by atoms with Gasteiger partial charge in [-0.1, -0.05) is 86.3 Å². The van der Waals surface area contributed by atoms with Gasteiger partial charge in [0.05, 0.1) is 23.0 Å². The molecule has 4 N–H and O–H groups in total. The predicted molar refractivity (Wildman–Crippen MR) is 136 cm³/mol. The molecule has 1 aromatic heterocycles. The van der Waals surface area contributed by atoms with Crippen LogP contribution < -0.4 is 11.1 Å². The molecule has 0 saturated carbocycles. The number of hydrogen-bond donors (Lipinski definition) is 3. The van der Waals surface area contributed by atoms with E-state index in [1.807, 2.05) is 6.20 Å². The molecular weight excluding hydrogens is 412 g/mol. The average molecular weight is 445 g/mol. The van der Waals surface area contributed by atoms with Gasteiger partial charge in [0.2, 0.25) is 0 Å². The van der Waals surface area contributed by atoms with Gasteiger partial charge in [-0.15, -0.1) is 0 Å². The van der Waals surface area contributed by atoms with E-state index in [1.54, 1.807) is 11.8 Å². The summed E-state index contributed by atoms with van der Waals surface area (Å²) in [7, 11) is 0. The van der Waals surface area contributed by atoms with Crippen molar-refractivity contribution in [3.05, 3.63) is 90.4 Å². The second-order valence-electron chi connectivity index (χ2n) is 8.29. The number of allylic oxidation sites excluding steroid dienone is 1. The number of aromatic nitrogens is 2. The zero-order valence-electron chi connectivity index (χ0n) is 18.8. The number of benzene rings is 2.